The third-order valence-electron chi connectivity index (χ3n) is 4.21. The Morgan fingerprint density at radius 3 is 2.19 bits per heavy atom. The quantitative estimate of drug-likeness (QED) is 0.902. The summed E-state index contributed by atoms with van der Waals surface area (Å²) in [5, 5.41) is 10.8. The van der Waals surface area contributed by atoms with Crippen molar-refractivity contribution in [3.8, 4) is 11.4 Å². The summed E-state index contributed by atoms with van der Waals surface area (Å²) in [7, 11) is 0. The SMILES string of the molecule is CC(C)(C)CCC1c2cccnc2-c2ncccc2C1O. The van der Waals surface area contributed by atoms with E-state index in [1.807, 2.05) is 18.2 Å². The van der Waals surface area contributed by atoms with Crippen molar-refractivity contribution in [2.24, 2.45) is 5.41 Å². The van der Waals surface area contributed by atoms with Crippen LogP contribution in [0.15, 0.2) is 36.7 Å². The van der Waals surface area contributed by atoms with Gasteiger partial charge in [-0.05, 0) is 36.0 Å². The number of aliphatic hydroxyl groups excluding tert-OH is 1. The summed E-state index contributed by atoms with van der Waals surface area (Å²) in [5.41, 5.74) is 4.05. The number of aliphatic hydroxyl groups is 1. The van der Waals surface area contributed by atoms with E-state index < -0.39 is 6.10 Å². The second-order valence-electron chi connectivity index (χ2n) is 7.03. The van der Waals surface area contributed by atoms with Gasteiger partial charge in [0.25, 0.3) is 0 Å². The highest BCUT2D eigenvalue weighted by Gasteiger charge is 2.34. The minimum atomic E-state index is -0.493. The van der Waals surface area contributed by atoms with Crippen molar-refractivity contribution in [2.45, 2.75) is 45.6 Å². The predicted molar refractivity (Wildman–Crippen MR) is 83.9 cm³/mol. The van der Waals surface area contributed by atoms with Crippen molar-refractivity contribution in [3.05, 3.63) is 47.8 Å². The van der Waals surface area contributed by atoms with Crippen LogP contribution in [0.3, 0.4) is 0 Å². The standard InChI is InChI=1S/C18H22N2O/c1-18(2,3)9-8-13-12-6-4-10-19-15(12)16-14(17(13)21)7-5-11-20-16/h4-7,10-11,13,17,21H,8-9H2,1-3H3. The molecule has 1 aliphatic carbocycles. The molecule has 0 aromatic carbocycles. The van der Waals surface area contributed by atoms with Crippen LogP contribution in [-0.4, -0.2) is 15.1 Å². The molecule has 2 heterocycles. The van der Waals surface area contributed by atoms with E-state index in [-0.39, 0.29) is 11.3 Å². The lowest BCUT2D eigenvalue weighted by Crippen LogP contribution is -2.21. The lowest BCUT2D eigenvalue weighted by Gasteiger charge is -2.32. The van der Waals surface area contributed by atoms with Gasteiger partial charge in [-0.3, -0.25) is 9.97 Å². The molecule has 3 nitrogen and oxygen atoms in total. The van der Waals surface area contributed by atoms with Gasteiger partial charge in [0.15, 0.2) is 0 Å². The second-order valence-corrected chi connectivity index (χ2v) is 7.03. The molecule has 0 radical (unpaired) electrons. The van der Waals surface area contributed by atoms with E-state index in [1.165, 1.54) is 0 Å². The molecule has 2 atom stereocenters. The van der Waals surface area contributed by atoms with E-state index in [1.54, 1.807) is 12.4 Å². The van der Waals surface area contributed by atoms with Crippen LogP contribution in [0, 0.1) is 5.41 Å². The van der Waals surface area contributed by atoms with Gasteiger partial charge < -0.3 is 5.11 Å². The summed E-state index contributed by atoms with van der Waals surface area (Å²) in [6, 6.07) is 7.88. The Labute approximate surface area is 126 Å². The van der Waals surface area contributed by atoms with Gasteiger partial charge in [-0.2, -0.15) is 0 Å². The van der Waals surface area contributed by atoms with Gasteiger partial charge in [-0.1, -0.05) is 32.9 Å². The summed E-state index contributed by atoms with van der Waals surface area (Å²) in [6.45, 7) is 6.71. The van der Waals surface area contributed by atoms with Gasteiger partial charge in [-0.15, -0.1) is 0 Å². The fourth-order valence-electron chi connectivity index (χ4n) is 3.06. The first-order valence-corrected chi connectivity index (χ1v) is 7.55. The topological polar surface area (TPSA) is 46.0 Å². The Balaban J connectivity index is 2.03. The molecule has 110 valence electrons. The van der Waals surface area contributed by atoms with Crippen LogP contribution >= 0.6 is 0 Å². The maximum Gasteiger partial charge on any atom is 0.0947 e. The number of aromatic nitrogens is 2. The van der Waals surface area contributed by atoms with Gasteiger partial charge in [-0.25, -0.2) is 0 Å². The molecular weight excluding hydrogens is 260 g/mol. The molecule has 0 bridgehead atoms. The molecule has 1 aliphatic rings. The fourth-order valence-corrected chi connectivity index (χ4v) is 3.06. The molecule has 2 aromatic rings. The highest BCUT2D eigenvalue weighted by Crippen LogP contribution is 2.46. The summed E-state index contributed by atoms with van der Waals surface area (Å²) in [6.07, 6.45) is 5.10. The zero-order valence-corrected chi connectivity index (χ0v) is 12.9. The average molecular weight is 282 g/mol. The maximum absolute atomic E-state index is 10.8. The van der Waals surface area contributed by atoms with Crippen LogP contribution in [-0.2, 0) is 0 Å². The molecule has 2 unspecified atom stereocenters. The van der Waals surface area contributed by atoms with E-state index >= 15 is 0 Å². The first-order valence-electron chi connectivity index (χ1n) is 7.55. The van der Waals surface area contributed by atoms with E-state index in [4.69, 9.17) is 0 Å². The third kappa shape index (κ3) is 2.70. The van der Waals surface area contributed by atoms with E-state index in [2.05, 4.69) is 36.8 Å². The number of hydrogen-bond acceptors (Lipinski definition) is 3. The molecule has 0 amide bonds. The van der Waals surface area contributed by atoms with Gasteiger partial charge in [0.2, 0.25) is 0 Å². The second kappa shape index (κ2) is 5.23. The van der Waals surface area contributed by atoms with Crippen LogP contribution in [0.1, 0.15) is 56.8 Å². The molecule has 3 heteroatoms. The van der Waals surface area contributed by atoms with Crippen molar-refractivity contribution >= 4 is 0 Å². The Morgan fingerprint density at radius 2 is 1.57 bits per heavy atom. The molecule has 0 aliphatic heterocycles. The molecule has 21 heavy (non-hydrogen) atoms. The van der Waals surface area contributed by atoms with Crippen LogP contribution in [0.5, 0.6) is 0 Å². The first-order chi connectivity index (χ1) is 9.97. The van der Waals surface area contributed by atoms with Gasteiger partial charge in [0.1, 0.15) is 0 Å². The normalized spacial score (nSPS) is 20.8. The fraction of sp³-hybridized carbons (Fsp3) is 0.444. The summed E-state index contributed by atoms with van der Waals surface area (Å²) >= 11 is 0. The molecule has 0 spiro atoms. The number of rotatable bonds is 2. The first kappa shape index (κ1) is 14.2. The zero-order chi connectivity index (χ0) is 15.0. The van der Waals surface area contributed by atoms with Gasteiger partial charge >= 0.3 is 0 Å². The lowest BCUT2D eigenvalue weighted by atomic mass is 9.76. The number of hydrogen-bond donors (Lipinski definition) is 1. The van der Waals surface area contributed by atoms with Crippen molar-refractivity contribution in [2.75, 3.05) is 0 Å². The Kier molecular flexibility index (Phi) is 3.54. The van der Waals surface area contributed by atoms with Crippen molar-refractivity contribution in [3.63, 3.8) is 0 Å². The van der Waals surface area contributed by atoms with Crippen molar-refractivity contribution in [1.82, 2.24) is 9.97 Å². The number of fused-ring (bicyclic) bond motifs is 3. The van der Waals surface area contributed by atoms with Crippen LogP contribution in [0.25, 0.3) is 11.4 Å². The van der Waals surface area contributed by atoms with E-state index in [9.17, 15) is 5.11 Å². The summed E-state index contributed by atoms with van der Waals surface area (Å²) in [5.74, 6) is 0.102. The average Bonchev–Trinajstić information content (AvgIpc) is 2.46. The van der Waals surface area contributed by atoms with E-state index in [0.29, 0.717) is 0 Å². The van der Waals surface area contributed by atoms with Crippen molar-refractivity contribution in [1.29, 1.82) is 0 Å². The lowest BCUT2D eigenvalue weighted by molar-refractivity contribution is 0.131. The van der Waals surface area contributed by atoms with Crippen LogP contribution in [0.4, 0.5) is 0 Å². The molecule has 1 N–H and O–H groups in total. The van der Waals surface area contributed by atoms with Crippen molar-refractivity contribution < 1.29 is 5.11 Å². The summed E-state index contributed by atoms with van der Waals surface area (Å²) in [4.78, 5) is 8.95. The highest BCUT2D eigenvalue weighted by atomic mass is 16.3. The third-order valence-corrected chi connectivity index (χ3v) is 4.21. The molecule has 3 rings (SSSR count). The molecular formula is C18H22N2O. The Hall–Kier alpha value is -1.74. The monoisotopic (exact) mass is 282 g/mol. The van der Waals surface area contributed by atoms with Gasteiger partial charge in [0.05, 0.1) is 17.5 Å². The smallest absolute Gasteiger partial charge is 0.0947 e. The Morgan fingerprint density at radius 1 is 1.00 bits per heavy atom. The Bertz CT molecular complexity index is 646. The van der Waals surface area contributed by atoms with Gasteiger partial charge in [0, 0.05) is 23.9 Å². The number of nitrogens with zero attached hydrogens (tertiary/aromatic N) is 2. The molecule has 2 aromatic heterocycles. The van der Waals surface area contributed by atoms with Crippen LogP contribution < -0.4 is 0 Å². The largest absolute Gasteiger partial charge is 0.388 e. The minimum Gasteiger partial charge on any atom is -0.388 e. The van der Waals surface area contributed by atoms with Crippen LogP contribution in [0.2, 0.25) is 0 Å². The predicted octanol–water partition coefficient (Wildman–Crippen LogP) is 4.10. The highest BCUT2D eigenvalue weighted by molar-refractivity contribution is 5.67. The molecule has 0 saturated carbocycles. The van der Waals surface area contributed by atoms with E-state index in [0.717, 1.165) is 35.4 Å². The zero-order valence-electron chi connectivity index (χ0n) is 12.9. The number of pyridine rings is 2. The molecule has 0 fully saturated rings. The minimum absolute atomic E-state index is 0.102. The molecule has 0 saturated heterocycles. The summed E-state index contributed by atoms with van der Waals surface area (Å²) < 4.78 is 0. The maximum atomic E-state index is 10.8.